The van der Waals surface area contributed by atoms with Crippen LogP contribution in [0.2, 0.25) is 0 Å². The lowest BCUT2D eigenvalue weighted by atomic mass is 10.2. The molecule has 0 aliphatic rings. The number of hydrogen-bond acceptors (Lipinski definition) is 7. The third kappa shape index (κ3) is 3.90. The van der Waals surface area contributed by atoms with Crippen molar-refractivity contribution in [2.75, 3.05) is 10.1 Å². The summed E-state index contributed by atoms with van der Waals surface area (Å²) >= 11 is 0. The lowest BCUT2D eigenvalue weighted by Crippen LogP contribution is -2.24. The number of amides is 1. The van der Waals surface area contributed by atoms with Crippen molar-refractivity contribution < 1.29 is 18.1 Å². The highest BCUT2D eigenvalue weighted by Gasteiger charge is 2.26. The minimum Gasteiger partial charge on any atom is -0.279 e. The lowest BCUT2D eigenvalue weighted by Gasteiger charge is -2.13. The number of rotatable bonds is 6. The molecule has 0 aliphatic carbocycles. The van der Waals surface area contributed by atoms with E-state index in [2.05, 4.69) is 20.3 Å². The molecule has 12 heteroatoms. The van der Waals surface area contributed by atoms with Crippen LogP contribution in [0, 0.1) is 10.1 Å². The molecule has 0 atom stereocenters. The van der Waals surface area contributed by atoms with Gasteiger partial charge in [0.1, 0.15) is 12.7 Å². The Balaban J connectivity index is 1.94. The normalized spacial score (nSPS) is 11.0. The second kappa shape index (κ2) is 7.21. The average molecular weight is 388 g/mol. The van der Waals surface area contributed by atoms with Crippen LogP contribution < -0.4 is 10.1 Å². The highest BCUT2D eigenvalue weighted by atomic mass is 32.2. The van der Waals surface area contributed by atoms with Gasteiger partial charge in [0.25, 0.3) is 21.6 Å². The zero-order valence-electron chi connectivity index (χ0n) is 13.5. The van der Waals surface area contributed by atoms with Gasteiger partial charge in [0, 0.05) is 6.07 Å². The van der Waals surface area contributed by atoms with Crippen LogP contribution in [-0.2, 0) is 10.0 Å². The zero-order valence-corrected chi connectivity index (χ0v) is 14.3. The number of sulfonamides is 1. The van der Waals surface area contributed by atoms with Crippen LogP contribution in [0.15, 0.2) is 66.1 Å². The molecule has 0 bridgehead atoms. The maximum atomic E-state index is 12.6. The Kier molecular flexibility index (Phi) is 4.81. The molecule has 0 saturated carbocycles. The van der Waals surface area contributed by atoms with Gasteiger partial charge in [0.2, 0.25) is 0 Å². The number of carbonyl (C=O) groups is 1. The summed E-state index contributed by atoms with van der Waals surface area (Å²) in [5.74, 6) is -0.629. The van der Waals surface area contributed by atoms with E-state index in [0.29, 0.717) is 0 Å². The molecule has 0 aliphatic heterocycles. The second-order valence-corrected chi connectivity index (χ2v) is 6.84. The Hall–Kier alpha value is -3.80. The van der Waals surface area contributed by atoms with Crippen molar-refractivity contribution in [1.29, 1.82) is 0 Å². The van der Waals surface area contributed by atoms with Crippen molar-refractivity contribution in [3.8, 4) is 0 Å². The van der Waals surface area contributed by atoms with Crippen molar-refractivity contribution in [3.05, 3.63) is 76.9 Å². The van der Waals surface area contributed by atoms with E-state index in [1.165, 1.54) is 47.7 Å². The standard InChI is InChI=1S/C15H12N6O5S/c22-15(18-20-9-16-17-10-20)11-5-1-2-6-12(11)19-27(25,26)14-8-4-3-7-13(14)21(23)24/h1-10,19H,(H,18,22). The molecule has 27 heavy (non-hydrogen) atoms. The number of nitrogens with one attached hydrogen (secondary N) is 2. The summed E-state index contributed by atoms with van der Waals surface area (Å²) in [6.07, 6.45) is 2.50. The van der Waals surface area contributed by atoms with Gasteiger partial charge in [-0.15, -0.1) is 10.2 Å². The highest BCUT2D eigenvalue weighted by molar-refractivity contribution is 7.92. The first-order valence-corrected chi connectivity index (χ1v) is 8.88. The van der Waals surface area contributed by atoms with Crippen LogP contribution in [0.1, 0.15) is 10.4 Å². The maximum absolute atomic E-state index is 12.6. The first-order chi connectivity index (χ1) is 12.9. The molecular formula is C15H12N6O5S. The molecule has 1 heterocycles. The van der Waals surface area contributed by atoms with Crippen molar-refractivity contribution in [1.82, 2.24) is 14.9 Å². The zero-order chi connectivity index (χ0) is 19.4. The van der Waals surface area contributed by atoms with E-state index in [-0.39, 0.29) is 11.3 Å². The number of carbonyl (C=O) groups excluding carboxylic acids is 1. The quantitative estimate of drug-likeness (QED) is 0.478. The van der Waals surface area contributed by atoms with Gasteiger partial charge in [-0.3, -0.25) is 25.1 Å². The van der Waals surface area contributed by atoms with Crippen molar-refractivity contribution >= 4 is 27.3 Å². The van der Waals surface area contributed by atoms with Crippen molar-refractivity contribution in [3.63, 3.8) is 0 Å². The third-order valence-electron chi connectivity index (χ3n) is 3.42. The minimum atomic E-state index is -4.31. The summed E-state index contributed by atoms with van der Waals surface area (Å²) in [5.41, 5.74) is 1.84. The molecule has 0 radical (unpaired) electrons. The van der Waals surface area contributed by atoms with Crippen LogP contribution in [0.5, 0.6) is 0 Å². The molecule has 1 amide bonds. The largest absolute Gasteiger partial charge is 0.289 e. The first kappa shape index (κ1) is 18.0. The van der Waals surface area contributed by atoms with Crippen LogP contribution >= 0.6 is 0 Å². The number of para-hydroxylation sites is 2. The molecule has 3 rings (SSSR count). The van der Waals surface area contributed by atoms with Gasteiger partial charge < -0.3 is 0 Å². The van der Waals surface area contributed by atoms with Gasteiger partial charge in [0.15, 0.2) is 4.90 Å². The van der Waals surface area contributed by atoms with E-state index in [1.807, 2.05) is 0 Å². The van der Waals surface area contributed by atoms with Gasteiger partial charge in [-0.1, -0.05) is 24.3 Å². The van der Waals surface area contributed by atoms with Gasteiger partial charge in [-0.05, 0) is 18.2 Å². The molecule has 138 valence electrons. The van der Waals surface area contributed by atoms with Gasteiger partial charge >= 0.3 is 0 Å². The fourth-order valence-electron chi connectivity index (χ4n) is 2.24. The molecule has 0 fully saturated rings. The number of aromatic nitrogens is 3. The Morgan fingerprint density at radius 2 is 1.67 bits per heavy atom. The Morgan fingerprint density at radius 1 is 1.04 bits per heavy atom. The van der Waals surface area contributed by atoms with Gasteiger partial charge in [0.05, 0.1) is 16.2 Å². The number of nitro groups is 1. The lowest BCUT2D eigenvalue weighted by molar-refractivity contribution is -0.387. The predicted molar refractivity (Wildman–Crippen MR) is 94.1 cm³/mol. The number of hydrogen-bond donors (Lipinski definition) is 2. The fourth-order valence-corrected chi connectivity index (χ4v) is 3.49. The summed E-state index contributed by atoms with van der Waals surface area (Å²) in [5, 5.41) is 18.2. The second-order valence-electron chi connectivity index (χ2n) is 5.19. The van der Waals surface area contributed by atoms with Crippen molar-refractivity contribution in [2.45, 2.75) is 4.90 Å². The van der Waals surface area contributed by atoms with Gasteiger partial charge in [-0.2, -0.15) is 0 Å². The molecule has 0 saturated heterocycles. The smallest absolute Gasteiger partial charge is 0.279 e. The molecule has 11 nitrogen and oxygen atoms in total. The van der Waals surface area contributed by atoms with Gasteiger partial charge in [-0.25, -0.2) is 13.1 Å². The number of anilines is 1. The Labute approximate surface area is 152 Å². The van der Waals surface area contributed by atoms with Crippen LogP contribution in [0.25, 0.3) is 0 Å². The Bertz CT molecular complexity index is 1100. The topological polar surface area (TPSA) is 149 Å². The summed E-state index contributed by atoms with van der Waals surface area (Å²) in [4.78, 5) is 22.2. The summed E-state index contributed by atoms with van der Waals surface area (Å²) in [7, 11) is -4.31. The minimum absolute atomic E-state index is 0.00774. The third-order valence-corrected chi connectivity index (χ3v) is 4.83. The highest BCUT2D eigenvalue weighted by Crippen LogP contribution is 2.26. The predicted octanol–water partition coefficient (Wildman–Crippen LogP) is 1.37. The SMILES string of the molecule is O=C(Nn1cnnc1)c1ccccc1NS(=O)(=O)c1ccccc1[N+](=O)[O-]. The first-order valence-electron chi connectivity index (χ1n) is 7.40. The van der Waals surface area contributed by atoms with E-state index in [9.17, 15) is 23.3 Å². The average Bonchev–Trinajstić information content (AvgIpc) is 3.14. The van der Waals surface area contributed by atoms with E-state index < -0.39 is 31.4 Å². The number of nitrogens with zero attached hydrogens (tertiary/aromatic N) is 4. The van der Waals surface area contributed by atoms with E-state index in [1.54, 1.807) is 6.07 Å². The molecular weight excluding hydrogens is 376 g/mol. The van der Waals surface area contributed by atoms with Crippen LogP contribution in [0.4, 0.5) is 11.4 Å². The van der Waals surface area contributed by atoms with Crippen molar-refractivity contribution in [2.24, 2.45) is 0 Å². The summed E-state index contributed by atoms with van der Waals surface area (Å²) < 4.78 is 28.7. The summed E-state index contributed by atoms with van der Waals surface area (Å²) in [6.45, 7) is 0. The Morgan fingerprint density at radius 3 is 2.37 bits per heavy atom. The molecule has 2 aromatic carbocycles. The molecule has 0 unspecified atom stereocenters. The molecule has 3 aromatic rings. The number of benzene rings is 2. The number of nitro benzene ring substituents is 1. The molecule has 1 aromatic heterocycles. The fraction of sp³-hybridized carbons (Fsp3) is 0. The van der Waals surface area contributed by atoms with Crippen LogP contribution in [0.3, 0.4) is 0 Å². The van der Waals surface area contributed by atoms with Crippen LogP contribution in [-0.4, -0.2) is 34.1 Å². The monoisotopic (exact) mass is 388 g/mol. The maximum Gasteiger partial charge on any atom is 0.289 e. The molecule has 2 N–H and O–H groups in total. The van der Waals surface area contributed by atoms with E-state index in [4.69, 9.17) is 0 Å². The summed E-state index contributed by atoms with van der Waals surface area (Å²) in [6, 6.07) is 10.8. The molecule has 0 spiro atoms. The van der Waals surface area contributed by atoms with E-state index in [0.717, 1.165) is 12.1 Å². The van der Waals surface area contributed by atoms with E-state index >= 15 is 0 Å².